The van der Waals surface area contributed by atoms with Gasteiger partial charge in [0.2, 0.25) is 0 Å². The number of anilines is 1. The van der Waals surface area contributed by atoms with Gasteiger partial charge in [-0.05, 0) is 11.6 Å². The molecule has 0 spiro atoms. The fourth-order valence-electron chi connectivity index (χ4n) is 2.25. The van der Waals surface area contributed by atoms with Crippen LogP contribution in [0.15, 0.2) is 65.8 Å². The minimum absolute atomic E-state index is 0.171. The van der Waals surface area contributed by atoms with Crippen molar-refractivity contribution in [3.8, 4) is 0 Å². The lowest BCUT2D eigenvalue weighted by Gasteiger charge is -2.19. The molecule has 3 aromatic rings. The van der Waals surface area contributed by atoms with Crippen LogP contribution in [0.3, 0.4) is 0 Å². The van der Waals surface area contributed by atoms with Gasteiger partial charge in [0.15, 0.2) is 0 Å². The highest BCUT2D eigenvalue weighted by Gasteiger charge is 2.07. The van der Waals surface area contributed by atoms with Crippen molar-refractivity contribution in [2.45, 2.75) is 13.1 Å². The van der Waals surface area contributed by atoms with Crippen LogP contribution in [-0.4, -0.2) is 26.8 Å². The van der Waals surface area contributed by atoms with E-state index in [-0.39, 0.29) is 12.1 Å². The predicted molar refractivity (Wildman–Crippen MR) is 88.2 cm³/mol. The lowest BCUT2D eigenvalue weighted by Crippen LogP contribution is -2.26. The topological polar surface area (TPSA) is 63.9 Å². The van der Waals surface area contributed by atoms with Crippen LogP contribution in [0, 0.1) is 0 Å². The van der Waals surface area contributed by atoms with E-state index in [1.807, 2.05) is 30.1 Å². The van der Waals surface area contributed by atoms with Gasteiger partial charge in [-0.3, -0.25) is 4.79 Å². The van der Waals surface area contributed by atoms with Crippen LogP contribution in [0.2, 0.25) is 0 Å². The van der Waals surface area contributed by atoms with Crippen LogP contribution in [-0.2, 0) is 13.1 Å². The second-order valence-electron chi connectivity index (χ2n) is 5.22. The molecule has 2 aromatic heterocycles. The molecule has 1 aromatic carbocycles. The minimum atomic E-state index is -0.171. The van der Waals surface area contributed by atoms with Crippen molar-refractivity contribution in [2.75, 3.05) is 11.9 Å². The lowest BCUT2D eigenvalue weighted by molar-refractivity contribution is 0.612. The quantitative estimate of drug-likeness (QED) is 0.718. The van der Waals surface area contributed by atoms with E-state index in [1.54, 1.807) is 30.7 Å². The number of hydrogen-bond donors (Lipinski definition) is 0. The maximum Gasteiger partial charge on any atom is 0.269 e. The molecule has 6 nitrogen and oxygen atoms in total. The molecule has 0 saturated heterocycles. The van der Waals surface area contributed by atoms with Gasteiger partial charge in [-0.25, -0.2) is 14.6 Å². The zero-order chi connectivity index (χ0) is 16.1. The highest BCUT2D eigenvalue weighted by molar-refractivity contribution is 5.42. The second-order valence-corrected chi connectivity index (χ2v) is 5.22. The average molecular weight is 307 g/mol. The van der Waals surface area contributed by atoms with Gasteiger partial charge in [0.1, 0.15) is 12.4 Å². The summed E-state index contributed by atoms with van der Waals surface area (Å²) in [6.45, 7) is 0.982. The molecule has 0 amide bonds. The summed E-state index contributed by atoms with van der Waals surface area (Å²) < 4.78 is 1.36. The Balaban J connectivity index is 1.75. The summed E-state index contributed by atoms with van der Waals surface area (Å²) in [4.78, 5) is 22.4. The first-order valence-electron chi connectivity index (χ1n) is 7.30. The zero-order valence-electron chi connectivity index (χ0n) is 12.8. The molecule has 0 bridgehead atoms. The Labute approximate surface area is 134 Å². The number of benzene rings is 1. The Morgan fingerprint density at radius 1 is 1.09 bits per heavy atom. The van der Waals surface area contributed by atoms with Crippen molar-refractivity contribution in [3.05, 3.63) is 82.8 Å². The van der Waals surface area contributed by atoms with Crippen molar-refractivity contribution in [2.24, 2.45) is 0 Å². The Morgan fingerprint density at radius 3 is 2.52 bits per heavy atom. The average Bonchev–Trinajstić information content (AvgIpc) is 2.58. The molecule has 0 N–H and O–H groups in total. The molecule has 3 rings (SSSR count). The molecular weight excluding hydrogens is 290 g/mol. The number of rotatable bonds is 5. The smallest absolute Gasteiger partial charge is 0.269 e. The second kappa shape index (κ2) is 6.83. The first-order chi connectivity index (χ1) is 11.2. The third-order valence-corrected chi connectivity index (χ3v) is 3.47. The maximum absolute atomic E-state index is 12.2. The van der Waals surface area contributed by atoms with Crippen molar-refractivity contribution in [1.82, 2.24) is 19.7 Å². The van der Waals surface area contributed by atoms with Gasteiger partial charge in [0, 0.05) is 32.1 Å². The molecule has 6 heteroatoms. The molecule has 0 radical (unpaired) electrons. The minimum Gasteiger partial charge on any atom is -0.369 e. The number of aromatic nitrogens is 4. The summed E-state index contributed by atoms with van der Waals surface area (Å²) in [7, 11) is 1.94. The fraction of sp³-hybridized carbons (Fsp3) is 0.176. The molecule has 0 aliphatic rings. The van der Waals surface area contributed by atoms with E-state index in [0.717, 1.165) is 5.69 Å². The van der Waals surface area contributed by atoms with Crippen LogP contribution in [0.25, 0.3) is 0 Å². The molecule has 0 atom stereocenters. The highest BCUT2D eigenvalue weighted by atomic mass is 16.1. The summed E-state index contributed by atoms with van der Waals surface area (Å²) in [5.41, 5.74) is 1.79. The monoisotopic (exact) mass is 307 g/mol. The summed E-state index contributed by atoms with van der Waals surface area (Å²) in [6.07, 6.45) is 4.98. The number of hydrogen-bond acceptors (Lipinski definition) is 5. The summed E-state index contributed by atoms with van der Waals surface area (Å²) in [6, 6.07) is 13.4. The van der Waals surface area contributed by atoms with Crippen LogP contribution >= 0.6 is 0 Å². The van der Waals surface area contributed by atoms with Crippen molar-refractivity contribution in [1.29, 1.82) is 0 Å². The molecule has 2 heterocycles. The van der Waals surface area contributed by atoms with Crippen LogP contribution in [0.4, 0.5) is 5.69 Å². The molecule has 0 fully saturated rings. The van der Waals surface area contributed by atoms with E-state index in [1.165, 1.54) is 10.2 Å². The molecule has 0 unspecified atom stereocenters. The van der Waals surface area contributed by atoms with Gasteiger partial charge < -0.3 is 4.90 Å². The van der Waals surface area contributed by atoms with Crippen LogP contribution < -0.4 is 10.5 Å². The Morgan fingerprint density at radius 2 is 1.83 bits per heavy atom. The lowest BCUT2D eigenvalue weighted by atomic mass is 10.2. The van der Waals surface area contributed by atoms with Crippen LogP contribution in [0.5, 0.6) is 0 Å². The van der Waals surface area contributed by atoms with E-state index >= 15 is 0 Å². The Hall–Kier alpha value is -3.02. The molecular formula is C17H17N5O. The summed E-state index contributed by atoms with van der Waals surface area (Å²) >= 11 is 0. The summed E-state index contributed by atoms with van der Waals surface area (Å²) in [5, 5.41) is 4.22. The van der Waals surface area contributed by atoms with E-state index in [4.69, 9.17) is 0 Å². The van der Waals surface area contributed by atoms with E-state index in [9.17, 15) is 4.79 Å². The third kappa shape index (κ3) is 3.79. The molecule has 23 heavy (non-hydrogen) atoms. The fourth-order valence-corrected chi connectivity index (χ4v) is 2.25. The van der Waals surface area contributed by atoms with Gasteiger partial charge in [-0.15, -0.1) is 0 Å². The van der Waals surface area contributed by atoms with E-state index < -0.39 is 0 Å². The first-order valence-corrected chi connectivity index (χ1v) is 7.30. The van der Waals surface area contributed by atoms with Gasteiger partial charge in [-0.2, -0.15) is 5.10 Å². The first kappa shape index (κ1) is 14.9. The Kier molecular flexibility index (Phi) is 4.42. The summed E-state index contributed by atoms with van der Waals surface area (Å²) in [5.74, 6) is 0.562. The highest BCUT2D eigenvalue weighted by Crippen LogP contribution is 2.11. The predicted octanol–water partition coefficient (Wildman–Crippen LogP) is 1.72. The van der Waals surface area contributed by atoms with Crippen LogP contribution in [0.1, 0.15) is 11.4 Å². The van der Waals surface area contributed by atoms with Crippen molar-refractivity contribution in [3.63, 3.8) is 0 Å². The zero-order valence-corrected chi connectivity index (χ0v) is 12.8. The Bertz CT molecular complexity index is 817. The third-order valence-electron chi connectivity index (χ3n) is 3.47. The maximum atomic E-state index is 12.2. The van der Waals surface area contributed by atoms with Gasteiger partial charge >= 0.3 is 0 Å². The number of nitrogens with zero attached hydrogens (tertiary/aromatic N) is 5. The van der Waals surface area contributed by atoms with Gasteiger partial charge in [0.25, 0.3) is 5.56 Å². The van der Waals surface area contributed by atoms with Gasteiger partial charge in [0.05, 0.1) is 11.9 Å². The SMILES string of the molecule is CN(Cc1ccccc1)c1cnn(Cc2ncccn2)c(=O)c1. The molecule has 0 saturated carbocycles. The molecule has 0 aliphatic heterocycles. The standard InChI is InChI=1S/C17H17N5O/c1-21(12-14-6-3-2-4-7-14)15-10-17(23)22(20-11-15)13-16-18-8-5-9-19-16/h2-11H,12-13H2,1H3. The molecule has 0 aliphatic carbocycles. The van der Waals surface area contributed by atoms with E-state index in [2.05, 4.69) is 27.2 Å². The molecule has 116 valence electrons. The van der Waals surface area contributed by atoms with Crippen molar-refractivity contribution >= 4 is 5.69 Å². The van der Waals surface area contributed by atoms with E-state index in [0.29, 0.717) is 12.4 Å². The normalized spacial score (nSPS) is 10.5. The largest absolute Gasteiger partial charge is 0.369 e. The van der Waals surface area contributed by atoms with Gasteiger partial charge in [-0.1, -0.05) is 30.3 Å². The van der Waals surface area contributed by atoms with Crippen molar-refractivity contribution < 1.29 is 0 Å².